The molecule has 1 fully saturated rings. The van der Waals surface area contributed by atoms with E-state index in [1.54, 1.807) is 24.7 Å². The largest absolute Gasteiger partial charge is 0.496 e. The van der Waals surface area contributed by atoms with Gasteiger partial charge < -0.3 is 18.8 Å². The summed E-state index contributed by atoms with van der Waals surface area (Å²) in [7, 11) is 1.49. The van der Waals surface area contributed by atoms with Gasteiger partial charge in [-0.15, -0.1) is 0 Å². The maximum Gasteiger partial charge on any atom is 0.339 e. The van der Waals surface area contributed by atoms with Crippen molar-refractivity contribution in [2.45, 2.75) is 31.8 Å². The molecule has 1 aliphatic rings. The van der Waals surface area contributed by atoms with Crippen LogP contribution in [0.2, 0.25) is 0 Å². The lowest BCUT2D eigenvalue weighted by Gasteiger charge is -2.32. The molecule has 0 atom stereocenters. The quantitative estimate of drug-likeness (QED) is 0.442. The van der Waals surface area contributed by atoms with E-state index < -0.39 is 5.97 Å². The number of hydrogen-bond acceptors (Lipinski definition) is 5. The van der Waals surface area contributed by atoms with Crippen molar-refractivity contribution in [1.29, 1.82) is 0 Å². The molecule has 7 nitrogen and oxygen atoms in total. The summed E-state index contributed by atoms with van der Waals surface area (Å²) in [5.74, 6) is -0.0952. The molecule has 7 heteroatoms. The topological polar surface area (TPSA) is 80.7 Å². The summed E-state index contributed by atoms with van der Waals surface area (Å²) >= 11 is 0. The van der Waals surface area contributed by atoms with E-state index in [2.05, 4.69) is 26.7 Å². The monoisotopic (exact) mass is 445 g/mol. The Bertz CT molecular complexity index is 1250. The van der Waals surface area contributed by atoms with Crippen LogP contribution in [0.4, 0.5) is 0 Å². The summed E-state index contributed by atoms with van der Waals surface area (Å²) in [6.45, 7) is 3.41. The smallest absolute Gasteiger partial charge is 0.339 e. The Balaban J connectivity index is 1.30. The van der Waals surface area contributed by atoms with E-state index in [1.165, 1.54) is 18.1 Å². The Hall–Kier alpha value is -3.58. The van der Waals surface area contributed by atoms with Gasteiger partial charge in [-0.1, -0.05) is 6.07 Å². The second-order valence-corrected chi connectivity index (χ2v) is 8.61. The first-order chi connectivity index (χ1) is 16.1. The van der Waals surface area contributed by atoms with Crippen LogP contribution in [0.5, 0.6) is 5.75 Å². The number of hydrogen-bond donors (Lipinski definition) is 1. The molecule has 0 spiro atoms. The minimum Gasteiger partial charge on any atom is -0.496 e. The van der Waals surface area contributed by atoms with Gasteiger partial charge in [0.2, 0.25) is 0 Å². The van der Waals surface area contributed by atoms with Crippen molar-refractivity contribution in [1.82, 2.24) is 14.5 Å². The number of methoxy groups -OCH3 is 1. The highest BCUT2D eigenvalue weighted by Crippen LogP contribution is 2.34. The van der Waals surface area contributed by atoms with Crippen LogP contribution in [0.25, 0.3) is 11.0 Å². The van der Waals surface area contributed by atoms with Gasteiger partial charge in [0.25, 0.3) is 0 Å². The fraction of sp³-hybridized carbons (Fsp3) is 0.308. The zero-order valence-electron chi connectivity index (χ0n) is 18.6. The van der Waals surface area contributed by atoms with E-state index in [0.717, 1.165) is 55.8 Å². The molecule has 0 aliphatic carbocycles. The number of furan rings is 1. The van der Waals surface area contributed by atoms with E-state index in [1.807, 2.05) is 24.4 Å². The Labute approximate surface area is 192 Å². The lowest BCUT2D eigenvalue weighted by Crippen LogP contribution is -2.32. The summed E-state index contributed by atoms with van der Waals surface area (Å²) in [6.07, 6.45) is 9.70. The van der Waals surface area contributed by atoms with Crippen molar-refractivity contribution in [2.75, 3.05) is 20.2 Å². The molecule has 0 radical (unpaired) electrons. The molecule has 5 rings (SSSR count). The number of benzene rings is 1. The molecule has 0 bridgehead atoms. The van der Waals surface area contributed by atoms with Gasteiger partial charge in [-0.3, -0.25) is 4.90 Å². The van der Waals surface area contributed by atoms with Gasteiger partial charge in [0.05, 0.1) is 26.2 Å². The van der Waals surface area contributed by atoms with Crippen molar-refractivity contribution >= 4 is 17.0 Å². The number of likely N-dealkylation sites (tertiary alicyclic amines) is 1. The zero-order chi connectivity index (χ0) is 22.8. The molecule has 1 aromatic carbocycles. The van der Waals surface area contributed by atoms with Crippen LogP contribution in [-0.4, -0.2) is 45.7 Å². The molecule has 4 aromatic rings. The van der Waals surface area contributed by atoms with Crippen LogP contribution >= 0.6 is 0 Å². The predicted octanol–water partition coefficient (Wildman–Crippen LogP) is 4.76. The maximum atomic E-state index is 11.5. The van der Waals surface area contributed by atoms with Gasteiger partial charge in [-0.25, -0.2) is 9.78 Å². The number of rotatable bonds is 7. The summed E-state index contributed by atoms with van der Waals surface area (Å²) < 4.78 is 12.6. The van der Waals surface area contributed by atoms with E-state index in [4.69, 9.17) is 9.15 Å². The van der Waals surface area contributed by atoms with Crippen LogP contribution < -0.4 is 4.74 Å². The van der Waals surface area contributed by atoms with Crippen LogP contribution in [0, 0.1) is 0 Å². The second-order valence-electron chi connectivity index (χ2n) is 8.61. The Morgan fingerprint density at radius 1 is 1.18 bits per heavy atom. The highest BCUT2D eigenvalue weighted by atomic mass is 16.5. The number of piperidine rings is 1. The summed E-state index contributed by atoms with van der Waals surface area (Å²) in [4.78, 5) is 18.6. The van der Waals surface area contributed by atoms with Gasteiger partial charge in [0.1, 0.15) is 17.0 Å². The number of pyridine rings is 1. The van der Waals surface area contributed by atoms with E-state index >= 15 is 0 Å². The second kappa shape index (κ2) is 9.11. The number of carboxylic acid groups (broad SMARTS) is 1. The Morgan fingerprint density at radius 2 is 2.03 bits per heavy atom. The molecule has 3 aromatic heterocycles. The number of carboxylic acids is 1. The van der Waals surface area contributed by atoms with Crippen LogP contribution in [0.1, 0.15) is 45.8 Å². The minimum absolute atomic E-state index is 0.211. The molecule has 33 heavy (non-hydrogen) atoms. The molecule has 1 N–H and O–H groups in total. The molecule has 0 unspecified atom stereocenters. The summed E-state index contributed by atoms with van der Waals surface area (Å²) in [5, 5.41) is 10.7. The fourth-order valence-corrected chi connectivity index (χ4v) is 4.86. The average Bonchev–Trinajstić information content (AvgIpc) is 3.48. The Kier molecular flexibility index (Phi) is 5.88. The Morgan fingerprint density at radius 3 is 2.76 bits per heavy atom. The first-order valence-corrected chi connectivity index (χ1v) is 11.2. The lowest BCUT2D eigenvalue weighted by atomic mass is 9.89. The van der Waals surface area contributed by atoms with Gasteiger partial charge in [-0.05, 0) is 73.3 Å². The molecule has 0 saturated carbocycles. The normalized spacial score (nSPS) is 15.2. The van der Waals surface area contributed by atoms with Crippen molar-refractivity contribution in [2.24, 2.45) is 0 Å². The third-order valence-corrected chi connectivity index (χ3v) is 6.53. The summed E-state index contributed by atoms with van der Waals surface area (Å²) in [5.41, 5.74) is 4.70. The van der Waals surface area contributed by atoms with Crippen LogP contribution in [0.15, 0.2) is 65.7 Å². The van der Waals surface area contributed by atoms with Crippen LogP contribution in [0.3, 0.4) is 0 Å². The molecular weight excluding hydrogens is 418 g/mol. The first-order valence-electron chi connectivity index (χ1n) is 11.2. The average molecular weight is 446 g/mol. The summed E-state index contributed by atoms with van der Waals surface area (Å²) in [6, 6.07) is 11.6. The third kappa shape index (κ3) is 4.36. The van der Waals surface area contributed by atoms with E-state index in [9.17, 15) is 9.90 Å². The van der Waals surface area contributed by atoms with Gasteiger partial charge in [0, 0.05) is 29.9 Å². The molecular formula is C26H27N3O4. The molecule has 1 aliphatic heterocycles. The SMILES string of the molecule is COc1ccc(CN2CCC(c3cn(Cc4ccoc4)c4ncccc34)CC2)cc1C(=O)O. The zero-order valence-corrected chi connectivity index (χ0v) is 18.6. The predicted molar refractivity (Wildman–Crippen MR) is 125 cm³/mol. The molecule has 1 saturated heterocycles. The van der Waals surface area contributed by atoms with Crippen LogP contribution in [-0.2, 0) is 13.1 Å². The van der Waals surface area contributed by atoms with Gasteiger partial charge >= 0.3 is 5.97 Å². The first kappa shape index (κ1) is 21.3. The van der Waals surface area contributed by atoms with Gasteiger partial charge in [0.15, 0.2) is 0 Å². The fourth-order valence-electron chi connectivity index (χ4n) is 4.86. The van der Waals surface area contributed by atoms with Crippen molar-refractivity contribution in [3.63, 3.8) is 0 Å². The number of aromatic carboxylic acids is 1. The maximum absolute atomic E-state index is 11.5. The highest BCUT2D eigenvalue weighted by molar-refractivity contribution is 5.91. The number of ether oxygens (including phenoxy) is 1. The standard InChI is InChI=1S/C26H27N3O4/c1-32-24-5-4-18(13-22(24)26(30)31)14-28-10-6-20(7-11-28)23-16-29(15-19-8-12-33-17-19)25-21(23)3-2-9-27-25/h2-5,8-9,12-13,16-17,20H,6-7,10-11,14-15H2,1H3,(H,30,31). The molecule has 4 heterocycles. The number of aromatic nitrogens is 2. The number of nitrogens with zero attached hydrogens (tertiary/aromatic N) is 3. The third-order valence-electron chi connectivity index (χ3n) is 6.53. The van der Waals surface area contributed by atoms with Crippen molar-refractivity contribution in [3.05, 3.63) is 83.6 Å². The van der Waals surface area contributed by atoms with Crippen molar-refractivity contribution in [3.8, 4) is 5.75 Å². The number of carbonyl (C=O) groups is 1. The molecule has 170 valence electrons. The highest BCUT2D eigenvalue weighted by Gasteiger charge is 2.24. The molecule has 0 amide bonds. The van der Waals surface area contributed by atoms with Gasteiger partial charge in [-0.2, -0.15) is 0 Å². The van der Waals surface area contributed by atoms with Crippen molar-refractivity contribution < 1.29 is 19.1 Å². The van der Waals surface area contributed by atoms with E-state index in [-0.39, 0.29) is 5.56 Å². The minimum atomic E-state index is -0.965. The number of fused-ring (bicyclic) bond motifs is 1. The lowest BCUT2D eigenvalue weighted by molar-refractivity contribution is 0.0693. The van der Waals surface area contributed by atoms with E-state index in [0.29, 0.717) is 11.7 Å².